The molecule has 12 rings (SSSR count). The van der Waals surface area contributed by atoms with Crippen LogP contribution in [-0.2, 0) is 0 Å². The summed E-state index contributed by atoms with van der Waals surface area (Å²) in [6.07, 6.45) is 0. The van der Waals surface area contributed by atoms with Crippen LogP contribution in [0, 0.1) is 0 Å². The van der Waals surface area contributed by atoms with E-state index < -0.39 is 0 Å². The predicted molar refractivity (Wildman–Crippen MR) is 255 cm³/mol. The number of hydrogen-bond donors (Lipinski definition) is 0. The van der Waals surface area contributed by atoms with Gasteiger partial charge in [-0.25, -0.2) is 0 Å². The minimum Gasteiger partial charge on any atom is -0.455 e. The van der Waals surface area contributed by atoms with Gasteiger partial charge in [-0.3, -0.25) is 0 Å². The number of furan rings is 2. The first-order valence-corrected chi connectivity index (χ1v) is 20.7. The van der Waals surface area contributed by atoms with Crippen molar-refractivity contribution in [1.29, 1.82) is 0 Å². The molecule has 286 valence electrons. The molecule has 0 saturated heterocycles. The smallest absolute Gasteiger partial charge is 0.145 e. The Hall–Kier alpha value is -8.14. The molecule has 12 aromatic rings. The highest BCUT2D eigenvalue weighted by atomic mass is 16.3. The molecular formula is C58H37NO2. The molecule has 0 aliphatic heterocycles. The Morgan fingerprint density at radius 3 is 1.49 bits per heavy atom. The molecule has 2 heterocycles. The van der Waals surface area contributed by atoms with Gasteiger partial charge < -0.3 is 13.7 Å². The van der Waals surface area contributed by atoms with Crippen molar-refractivity contribution in [3.8, 4) is 44.5 Å². The van der Waals surface area contributed by atoms with Crippen LogP contribution in [0.25, 0.3) is 99.2 Å². The van der Waals surface area contributed by atoms with Crippen LogP contribution < -0.4 is 4.90 Å². The summed E-state index contributed by atoms with van der Waals surface area (Å²) in [5, 5.41) is 6.68. The van der Waals surface area contributed by atoms with Gasteiger partial charge in [-0.1, -0.05) is 176 Å². The van der Waals surface area contributed by atoms with Crippen LogP contribution in [0.5, 0.6) is 0 Å². The average molecular weight is 780 g/mol. The summed E-state index contributed by atoms with van der Waals surface area (Å²) < 4.78 is 13.7. The normalized spacial score (nSPS) is 11.6. The van der Waals surface area contributed by atoms with Crippen molar-refractivity contribution in [2.24, 2.45) is 0 Å². The fraction of sp³-hybridized carbons (Fsp3) is 0. The summed E-state index contributed by atoms with van der Waals surface area (Å²) in [4.78, 5) is 2.36. The van der Waals surface area contributed by atoms with E-state index in [-0.39, 0.29) is 0 Å². The van der Waals surface area contributed by atoms with E-state index in [2.05, 4.69) is 217 Å². The Labute approximate surface area is 353 Å². The summed E-state index contributed by atoms with van der Waals surface area (Å²) in [6.45, 7) is 0. The third-order valence-corrected chi connectivity index (χ3v) is 12.1. The second-order valence-corrected chi connectivity index (χ2v) is 15.6. The quantitative estimate of drug-likeness (QED) is 0.161. The fourth-order valence-electron chi connectivity index (χ4n) is 9.20. The molecule has 0 unspecified atom stereocenters. The monoisotopic (exact) mass is 779 g/mol. The van der Waals surface area contributed by atoms with Crippen molar-refractivity contribution in [2.45, 2.75) is 0 Å². The Balaban J connectivity index is 1.09. The summed E-state index contributed by atoms with van der Waals surface area (Å²) in [5.74, 6) is 0. The van der Waals surface area contributed by atoms with Crippen LogP contribution in [-0.4, -0.2) is 0 Å². The maximum Gasteiger partial charge on any atom is 0.145 e. The van der Waals surface area contributed by atoms with E-state index in [0.717, 1.165) is 94.1 Å². The first kappa shape index (κ1) is 34.9. The lowest BCUT2D eigenvalue weighted by Gasteiger charge is -2.28. The number of rotatable bonds is 7. The van der Waals surface area contributed by atoms with Gasteiger partial charge in [0, 0.05) is 49.4 Å². The summed E-state index contributed by atoms with van der Waals surface area (Å²) in [6, 6.07) is 79.7. The van der Waals surface area contributed by atoms with Gasteiger partial charge in [-0.05, 0) is 87.3 Å². The van der Waals surface area contributed by atoms with E-state index >= 15 is 0 Å². The van der Waals surface area contributed by atoms with E-state index in [1.165, 1.54) is 22.1 Å². The average Bonchev–Trinajstić information content (AvgIpc) is 3.91. The van der Waals surface area contributed by atoms with Crippen molar-refractivity contribution in [1.82, 2.24) is 0 Å². The highest BCUT2D eigenvalue weighted by Gasteiger charge is 2.24. The van der Waals surface area contributed by atoms with Gasteiger partial charge in [0.05, 0.1) is 5.69 Å². The highest BCUT2D eigenvalue weighted by Crippen LogP contribution is 2.49. The van der Waals surface area contributed by atoms with E-state index in [1.54, 1.807) is 0 Å². The second-order valence-electron chi connectivity index (χ2n) is 15.6. The molecule has 0 fully saturated rings. The number of anilines is 3. The molecule has 0 N–H and O–H groups in total. The maximum atomic E-state index is 7.19. The molecule has 0 spiro atoms. The number of fused-ring (bicyclic) bond motifs is 8. The molecule has 3 nitrogen and oxygen atoms in total. The van der Waals surface area contributed by atoms with Crippen molar-refractivity contribution in [3.05, 3.63) is 224 Å². The van der Waals surface area contributed by atoms with Crippen molar-refractivity contribution < 1.29 is 8.83 Å². The van der Waals surface area contributed by atoms with Crippen molar-refractivity contribution >= 4 is 71.7 Å². The molecular weight excluding hydrogens is 743 g/mol. The molecule has 0 amide bonds. The zero-order chi connectivity index (χ0) is 40.3. The lowest BCUT2D eigenvalue weighted by Crippen LogP contribution is -2.11. The van der Waals surface area contributed by atoms with E-state index in [4.69, 9.17) is 8.83 Å². The first-order valence-electron chi connectivity index (χ1n) is 20.7. The minimum atomic E-state index is 0.855. The molecule has 0 atom stereocenters. The summed E-state index contributed by atoms with van der Waals surface area (Å²) in [7, 11) is 0. The predicted octanol–water partition coefficient (Wildman–Crippen LogP) is 16.8. The zero-order valence-electron chi connectivity index (χ0n) is 33.1. The van der Waals surface area contributed by atoms with E-state index in [1.807, 2.05) is 12.1 Å². The number of hydrogen-bond acceptors (Lipinski definition) is 3. The molecule has 0 bridgehead atoms. The second kappa shape index (κ2) is 14.3. The van der Waals surface area contributed by atoms with Gasteiger partial charge in [0.15, 0.2) is 0 Å². The van der Waals surface area contributed by atoms with Gasteiger partial charge in [0.2, 0.25) is 0 Å². The summed E-state index contributed by atoms with van der Waals surface area (Å²) >= 11 is 0. The van der Waals surface area contributed by atoms with Crippen molar-refractivity contribution in [3.63, 3.8) is 0 Å². The van der Waals surface area contributed by atoms with Crippen LogP contribution in [0.3, 0.4) is 0 Å². The molecule has 3 heteroatoms. The van der Waals surface area contributed by atoms with Gasteiger partial charge in [0.25, 0.3) is 0 Å². The largest absolute Gasteiger partial charge is 0.455 e. The molecule has 0 aliphatic carbocycles. The first-order chi connectivity index (χ1) is 30.3. The van der Waals surface area contributed by atoms with Gasteiger partial charge in [-0.15, -0.1) is 0 Å². The lowest BCUT2D eigenvalue weighted by atomic mass is 9.94. The van der Waals surface area contributed by atoms with Crippen LogP contribution in [0.4, 0.5) is 17.1 Å². The van der Waals surface area contributed by atoms with E-state index in [9.17, 15) is 0 Å². The van der Waals surface area contributed by atoms with Gasteiger partial charge >= 0.3 is 0 Å². The molecule has 0 saturated carbocycles. The molecule has 0 radical (unpaired) electrons. The molecule has 61 heavy (non-hydrogen) atoms. The highest BCUT2D eigenvalue weighted by molar-refractivity contribution is 6.22. The Kier molecular flexibility index (Phi) is 8.17. The third-order valence-electron chi connectivity index (χ3n) is 12.1. The standard InChI is InChI=1S/C58H37NO2/c1-4-15-38(16-5-1)39-27-31-43(32-28-39)59(44-33-29-41(30-34-44)45-24-14-25-49-47-22-12-13-26-54(47)60-56(45)49)53-36-35-50-52-37-51(40-17-6-2-7-18-40)46-21-10-11-23-48(46)57(52)61-58(50)55(53)42-19-8-3-9-20-42/h1-37H. The summed E-state index contributed by atoms with van der Waals surface area (Å²) in [5.41, 5.74) is 15.6. The van der Waals surface area contributed by atoms with Crippen molar-refractivity contribution in [2.75, 3.05) is 4.90 Å². The Bertz CT molecular complexity index is 3550. The van der Waals surface area contributed by atoms with Gasteiger partial charge in [-0.2, -0.15) is 0 Å². The third kappa shape index (κ3) is 5.82. The molecule has 10 aromatic carbocycles. The topological polar surface area (TPSA) is 29.5 Å². The van der Waals surface area contributed by atoms with Crippen LogP contribution in [0.2, 0.25) is 0 Å². The maximum absolute atomic E-state index is 7.19. The fourth-order valence-corrected chi connectivity index (χ4v) is 9.20. The lowest BCUT2D eigenvalue weighted by molar-refractivity contribution is 0.670. The SMILES string of the molecule is c1ccc(-c2ccc(N(c3ccc(-c4cccc5c4oc4ccccc45)cc3)c3ccc4c(oc5c6ccccc6c(-c6ccccc6)cc45)c3-c3ccccc3)cc2)cc1. The van der Waals surface area contributed by atoms with Crippen LogP contribution in [0.15, 0.2) is 233 Å². The van der Waals surface area contributed by atoms with Crippen LogP contribution >= 0.6 is 0 Å². The number of nitrogens with zero attached hydrogens (tertiary/aromatic N) is 1. The number of para-hydroxylation sites is 2. The number of benzene rings is 10. The Morgan fingerprint density at radius 1 is 0.279 bits per heavy atom. The minimum absolute atomic E-state index is 0.855. The molecule has 2 aromatic heterocycles. The van der Waals surface area contributed by atoms with Gasteiger partial charge in [0.1, 0.15) is 22.3 Å². The zero-order valence-corrected chi connectivity index (χ0v) is 33.1. The molecule has 0 aliphatic rings. The Morgan fingerprint density at radius 2 is 0.787 bits per heavy atom. The van der Waals surface area contributed by atoms with E-state index in [0.29, 0.717) is 0 Å². The van der Waals surface area contributed by atoms with Crippen LogP contribution in [0.1, 0.15) is 0 Å².